The fourth-order valence-electron chi connectivity index (χ4n) is 1.70. The molecule has 0 aliphatic heterocycles. The smallest absolute Gasteiger partial charge is 0.319 e. The van der Waals surface area contributed by atoms with E-state index >= 15 is 0 Å². The molecule has 1 atom stereocenters. The molecule has 1 rings (SSSR count). The number of imidazole rings is 1. The van der Waals surface area contributed by atoms with E-state index in [1.807, 2.05) is 0 Å². The molecule has 0 aliphatic rings. The van der Waals surface area contributed by atoms with Crippen LogP contribution in [0.4, 0.5) is 8.78 Å². The monoisotopic (exact) mass is 260 g/mol. The van der Waals surface area contributed by atoms with Crippen molar-refractivity contribution in [1.29, 1.82) is 0 Å². The quantitative estimate of drug-likeness (QED) is 0.833. The maximum absolute atomic E-state index is 12.6. The first-order chi connectivity index (χ1) is 8.47. The van der Waals surface area contributed by atoms with Gasteiger partial charge in [-0.15, -0.1) is 0 Å². The topological polar surface area (TPSA) is 50.2 Å². The van der Waals surface area contributed by atoms with Crippen molar-refractivity contribution in [2.75, 3.05) is 20.6 Å². The van der Waals surface area contributed by atoms with Crippen LogP contribution < -0.4 is 5.32 Å². The Morgan fingerprint density at radius 2 is 2.28 bits per heavy atom. The van der Waals surface area contributed by atoms with Gasteiger partial charge in [0.1, 0.15) is 5.82 Å². The van der Waals surface area contributed by atoms with Crippen LogP contribution in [0.1, 0.15) is 19.3 Å². The van der Waals surface area contributed by atoms with Crippen molar-refractivity contribution in [3.8, 4) is 0 Å². The number of nitrogens with zero attached hydrogens (tertiary/aromatic N) is 3. The highest BCUT2D eigenvalue weighted by molar-refractivity contribution is 5.78. The summed E-state index contributed by atoms with van der Waals surface area (Å²) in [4.78, 5) is 17.1. The molecular formula is C11H18F2N4O. The summed E-state index contributed by atoms with van der Waals surface area (Å²) in [6.45, 7) is -0.230. The van der Waals surface area contributed by atoms with Gasteiger partial charge in [-0.2, -0.15) is 8.78 Å². The summed E-state index contributed by atoms with van der Waals surface area (Å²) in [5.41, 5.74) is 0. The molecule has 1 unspecified atom stereocenters. The van der Waals surface area contributed by atoms with Gasteiger partial charge in [0, 0.05) is 31.9 Å². The number of amides is 1. The van der Waals surface area contributed by atoms with Gasteiger partial charge in [0.05, 0.1) is 6.54 Å². The fourth-order valence-corrected chi connectivity index (χ4v) is 1.70. The predicted molar refractivity (Wildman–Crippen MR) is 63.0 cm³/mol. The number of rotatable bonds is 6. The van der Waals surface area contributed by atoms with Gasteiger partial charge in [-0.1, -0.05) is 6.92 Å². The molecule has 1 amide bonds. The molecule has 0 aliphatic carbocycles. The molecule has 0 radical (unpaired) electrons. The highest BCUT2D eigenvalue weighted by atomic mass is 19.3. The first kappa shape index (κ1) is 14.6. The number of carbonyl (C=O) groups excluding carboxylic acids is 1. The summed E-state index contributed by atoms with van der Waals surface area (Å²) in [6, 6.07) is 0. The Hall–Kier alpha value is -1.50. The number of nitrogens with one attached hydrogen (secondary N) is 1. The van der Waals surface area contributed by atoms with Crippen molar-refractivity contribution in [3.63, 3.8) is 0 Å². The molecule has 18 heavy (non-hydrogen) atoms. The zero-order chi connectivity index (χ0) is 13.7. The second kappa shape index (κ2) is 6.44. The van der Waals surface area contributed by atoms with Crippen molar-refractivity contribution < 1.29 is 13.6 Å². The Morgan fingerprint density at radius 3 is 2.83 bits per heavy atom. The highest BCUT2D eigenvalue weighted by Crippen LogP contribution is 2.14. The molecule has 0 bridgehead atoms. The molecule has 1 aromatic rings. The van der Waals surface area contributed by atoms with Gasteiger partial charge >= 0.3 is 6.55 Å². The number of hydrogen-bond donors (Lipinski definition) is 1. The zero-order valence-electron chi connectivity index (χ0n) is 10.7. The van der Waals surface area contributed by atoms with Crippen molar-refractivity contribution in [2.45, 2.75) is 20.0 Å². The van der Waals surface area contributed by atoms with Crippen LogP contribution in [0.3, 0.4) is 0 Å². The van der Waals surface area contributed by atoms with Gasteiger partial charge in [0.15, 0.2) is 0 Å². The van der Waals surface area contributed by atoms with Crippen molar-refractivity contribution in [1.82, 2.24) is 19.8 Å². The molecule has 0 spiro atoms. The lowest BCUT2D eigenvalue weighted by Gasteiger charge is -2.21. The number of alkyl halides is 2. The van der Waals surface area contributed by atoms with Crippen molar-refractivity contribution in [3.05, 3.63) is 18.2 Å². The molecule has 0 aromatic carbocycles. The highest BCUT2D eigenvalue weighted by Gasteiger charge is 2.19. The molecular weight excluding hydrogens is 242 g/mol. The molecule has 102 valence electrons. The van der Waals surface area contributed by atoms with Gasteiger partial charge in [-0.05, 0) is 7.05 Å². The van der Waals surface area contributed by atoms with Crippen LogP contribution in [-0.2, 0) is 11.3 Å². The summed E-state index contributed by atoms with van der Waals surface area (Å²) in [6.07, 6.45) is 2.51. The number of halogens is 2. The van der Waals surface area contributed by atoms with Gasteiger partial charge in [-0.25, -0.2) is 4.98 Å². The minimum Gasteiger partial charge on any atom is -0.338 e. The van der Waals surface area contributed by atoms with E-state index < -0.39 is 6.55 Å². The lowest BCUT2D eigenvalue weighted by molar-refractivity contribution is -0.134. The van der Waals surface area contributed by atoms with Gasteiger partial charge < -0.3 is 10.2 Å². The molecule has 1 N–H and O–H groups in total. The summed E-state index contributed by atoms with van der Waals surface area (Å²) in [7, 11) is 3.34. The van der Waals surface area contributed by atoms with Gasteiger partial charge in [-0.3, -0.25) is 9.36 Å². The third-order valence-electron chi connectivity index (χ3n) is 2.65. The Bertz CT molecular complexity index is 394. The van der Waals surface area contributed by atoms with E-state index in [4.69, 9.17) is 0 Å². The lowest BCUT2D eigenvalue weighted by Crippen LogP contribution is -2.36. The normalized spacial score (nSPS) is 12.8. The average Bonchev–Trinajstić information content (AvgIpc) is 2.76. The molecule has 5 nitrogen and oxygen atoms in total. The van der Waals surface area contributed by atoms with Crippen molar-refractivity contribution >= 4 is 5.91 Å². The molecule has 1 heterocycles. The van der Waals surface area contributed by atoms with Gasteiger partial charge in [0.25, 0.3) is 0 Å². The number of aromatic nitrogens is 2. The second-order valence-corrected chi connectivity index (χ2v) is 4.18. The van der Waals surface area contributed by atoms with Crippen LogP contribution in [0.5, 0.6) is 0 Å². The average molecular weight is 260 g/mol. The first-order valence-corrected chi connectivity index (χ1v) is 5.66. The number of carbonyl (C=O) groups is 1. The maximum Gasteiger partial charge on any atom is 0.319 e. The van der Waals surface area contributed by atoms with E-state index in [1.165, 1.54) is 17.3 Å². The second-order valence-electron chi connectivity index (χ2n) is 4.18. The van der Waals surface area contributed by atoms with E-state index in [1.54, 1.807) is 21.0 Å². The van der Waals surface area contributed by atoms with Crippen LogP contribution in [0.2, 0.25) is 0 Å². The Morgan fingerprint density at radius 1 is 1.61 bits per heavy atom. The Kier molecular flexibility index (Phi) is 5.21. The minimum atomic E-state index is -2.64. The standard InChI is InChI=1S/C11H18F2N4O/c1-8(6-14-2)10(18)16(3)7-9-15-4-5-17(9)11(12)13/h4-5,8,11,14H,6-7H2,1-3H3. The maximum atomic E-state index is 12.6. The predicted octanol–water partition coefficient (Wildman–Crippen LogP) is 1.09. The summed E-state index contributed by atoms with van der Waals surface area (Å²) < 4.78 is 26.0. The molecule has 1 aromatic heterocycles. The van der Waals surface area contributed by atoms with E-state index in [0.717, 1.165) is 4.57 Å². The van der Waals surface area contributed by atoms with Crippen molar-refractivity contribution in [2.24, 2.45) is 5.92 Å². The van der Waals surface area contributed by atoms with E-state index in [0.29, 0.717) is 6.54 Å². The zero-order valence-corrected chi connectivity index (χ0v) is 10.7. The Labute approximate surface area is 105 Å². The largest absolute Gasteiger partial charge is 0.338 e. The molecule has 7 heteroatoms. The lowest BCUT2D eigenvalue weighted by atomic mass is 10.1. The van der Waals surface area contributed by atoms with Crippen LogP contribution in [0, 0.1) is 5.92 Å². The molecule has 0 saturated heterocycles. The summed E-state index contributed by atoms with van der Waals surface area (Å²) >= 11 is 0. The summed E-state index contributed by atoms with van der Waals surface area (Å²) in [5.74, 6) is -0.124. The van der Waals surface area contributed by atoms with Crippen LogP contribution in [0.15, 0.2) is 12.4 Å². The van der Waals surface area contributed by atoms with E-state index in [9.17, 15) is 13.6 Å². The minimum absolute atomic E-state index is 0.0736. The van der Waals surface area contributed by atoms with E-state index in [2.05, 4.69) is 10.3 Å². The van der Waals surface area contributed by atoms with E-state index in [-0.39, 0.29) is 24.2 Å². The first-order valence-electron chi connectivity index (χ1n) is 5.66. The van der Waals surface area contributed by atoms with Crippen LogP contribution in [0.25, 0.3) is 0 Å². The molecule has 0 fully saturated rings. The fraction of sp³-hybridized carbons (Fsp3) is 0.636. The van der Waals surface area contributed by atoms with Gasteiger partial charge in [0.2, 0.25) is 5.91 Å². The molecule has 0 saturated carbocycles. The third kappa shape index (κ3) is 3.49. The summed E-state index contributed by atoms with van der Waals surface area (Å²) in [5, 5.41) is 2.90. The number of hydrogen-bond acceptors (Lipinski definition) is 3. The van der Waals surface area contributed by atoms with Crippen LogP contribution in [-0.4, -0.2) is 41.0 Å². The van der Waals surface area contributed by atoms with Crippen LogP contribution >= 0.6 is 0 Å². The third-order valence-corrected chi connectivity index (χ3v) is 2.65. The SMILES string of the molecule is CNCC(C)C(=O)N(C)Cc1nccn1C(F)F. The Balaban J connectivity index is 2.66.